The predicted molar refractivity (Wildman–Crippen MR) is 110 cm³/mol. The zero-order chi connectivity index (χ0) is 21.7. The van der Waals surface area contributed by atoms with Gasteiger partial charge in [-0.15, -0.1) is 0 Å². The van der Waals surface area contributed by atoms with E-state index < -0.39 is 11.8 Å². The number of ether oxygens (including phenoxy) is 4. The van der Waals surface area contributed by atoms with Gasteiger partial charge in [-0.2, -0.15) is 0 Å². The Morgan fingerprint density at radius 1 is 0.933 bits per heavy atom. The number of hydrogen-bond acceptors (Lipinski definition) is 6. The Bertz CT molecular complexity index is 682. The Morgan fingerprint density at radius 3 is 2.07 bits per heavy atom. The minimum atomic E-state index is -0.851. The van der Waals surface area contributed by atoms with E-state index in [1.165, 1.54) is 32.1 Å². The molecule has 4 bridgehead atoms. The van der Waals surface area contributed by atoms with Gasteiger partial charge < -0.3 is 18.9 Å². The molecule has 6 nitrogen and oxygen atoms in total. The van der Waals surface area contributed by atoms with Crippen molar-refractivity contribution in [3.8, 4) is 0 Å². The molecule has 6 heteroatoms. The van der Waals surface area contributed by atoms with Crippen LogP contribution in [-0.4, -0.2) is 42.1 Å². The summed E-state index contributed by atoms with van der Waals surface area (Å²) >= 11 is 0. The molecule has 0 aromatic rings. The van der Waals surface area contributed by atoms with Gasteiger partial charge in [0.15, 0.2) is 5.79 Å². The fraction of sp³-hybridized carbons (Fsp3) is 0.833. The van der Waals surface area contributed by atoms with Crippen LogP contribution in [0.15, 0.2) is 12.2 Å². The molecule has 168 valence electrons. The molecule has 30 heavy (non-hydrogen) atoms. The van der Waals surface area contributed by atoms with E-state index in [9.17, 15) is 9.59 Å². The third-order valence-electron chi connectivity index (χ3n) is 7.66. The minimum absolute atomic E-state index is 0.120. The van der Waals surface area contributed by atoms with Crippen LogP contribution in [0, 0.1) is 23.7 Å². The summed E-state index contributed by atoms with van der Waals surface area (Å²) in [6, 6.07) is 0. The highest BCUT2D eigenvalue weighted by atomic mass is 16.7. The summed E-state index contributed by atoms with van der Waals surface area (Å²) in [6.45, 7) is 11.1. The molecule has 5 aliphatic rings. The van der Waals surface area contributed by atoms with E-state index in [2.05, 4.69) is 13.5 Å². The van der Waals surface area contributed by atoms with Gasteiger partial charge in [-0.1, -0.05) is 6.58 Å². The van der Waals surface area contributed by atoms with Gasteiger partial charge in [-0.3, -0.25) is 4.79 Å². The van der Waals surface area contributed by atoms with E-state index >= 15 is 0 Å². The van der Waals surface area contributed by atoms with Gasteiger partial charge in [-0.05, 0) is 83.5 Å². The molecule has 0 spiro atoms. The standard InChI is InChI=1S/C24H36O6/c1-14(2)22(26)27-13-20-11-19(28-23(3,4)29-20)12-21(25)30-24(5)17-7-15-6-16(9-17)10-18(24)8-15/h15-20H,1,6-13H2,2-5H3. The first-order chi connectivity index (χ1) is 14.0. The third-order valence-corrected chi connectivity index (χ3v) is 7.66. The van der Waals surface area contributed by atoms with Crippen molar-refractivity contribution in [2.24, 2.45) is 23.7 Å². The Kier molecular flexibility index (Phi) is 5.77. The smallest absolute Gasteiger partial charge is 0.333 e. The SMILES string of the molecule is C=C(C)C(=O)OCC1CC(CC(=O)OC2(C)C3CC4CC(C3)CC2C4)OC(C)(C)O1. The normalized spacial score (nSPS) is 41.3. The zero-order valence-electron chi connectivity index (χ0n) is 18.8. The van der Waals surface area contributed by atoms with E-state index in [0.29, 0.717) is 23.8 Å². The lowest BCUT2D eigenvalue weighted by Gasteiger charge is -2.59. The molecule has 5 rings (SSSR count). The van der Waals surface area contributed by atoms with Gasteiger partial charge in [-0.25, -0.2) is 4.79 Å². The van der Waals surface area contributed by atoms with E-state index in [-0.39, 0.29) is 36.8 Å². The molecule has 0 aromatic heterocycles. The summed E-state index contributed by atoms with van der Waals surface area (Å²) < 4.78 is 23.3. The summed E-state index contributed by atoms with van der Waals surface area (Å²) in [5, 5.41) is 0. The second-order valence-corrected chi connectivity index (χ2v) is 10.7. The quantitative estimate of drug-likeness (QED) is 0.475. The first-order valence-corrected chi connectivity index (χ1v) is 11.4. The lowest BCUT2D eigenvalue weighted by Crippen LogP contribution is -2.58. The molecule has 0 radical (unpaired) electrons. The number of carbonyl (C=O) groups is 2. The molecule has 4 saturated carbocycles. The molecule has 1 heterocycles. The Balaban J connectivity index is 1.34. The average Bonchev–Trinajstić information content (AvgIpc) is 2.62. The van der Waals surface area contributed by atoms with E-state index in [4.69, 9.17) is 18.9 Å². The van der Waals surface area contributed by atoms with Crippen molar-refractivity contribution in [1.82, 2.24) is 0 Å². The third kappa shape index (κ3) is 4.45. The molecule has 1 saturated heterocycles. The first kappa shape index (κ1) is 21.8. The summed E-state index contributed by atoms with van der Waals surface area (Å²) in [5.41, 5.74) is 0.0204. The van der Waals surface area contributed by atoms with Gasteiger partial charge in [0.05, 0.1) is 18.6 Å². The number of hydrogen-bond donors (Lipinski definition) is 0. The monoisotopic (exact) mass is 420 g/mol. The molecule has 1 aliphatic heterocycles. The summed E-state index contributed by atoms with van der Waals surface area (Å²) in [4.78, 5) is 24.6. The highest BCUT2D eigenvalue weighted by Crippen LogP contribution is 2.59. The van der Waals surface area contributed by atoms with Gasteiger partial charge in [0, 0.05) is 12.0 Å². The zero-order valence-corrected chi connectivity index (χ0v) is 18.8. The van der Waals surface area contributed by atoms with Gasteiger partial charge >= 0.3 is 11.9 Å². The first-order valence-electron chi connectivity index (χ1n) is 11.4. The van der Waals surface area contributed by atoms with Crippen molar-refractivity contribution in [2.75, 3.05) is 6.61 Å². The lowest BCUT2D eigenvalue weighted by molar-refractivity contribution is -0.305. The molecular formula is C24H36O6. The van der Waals surface area contributed by atoms with Crippen molar-refractivity contribution in [2.45, 2.75) is 96.2 Å². The maximum Gasteiger partial charge on any atom is 0.333 e. The van der Waals surface area contributed by atoms with Crippen LogP contribution in [0.4, 0.5) is 0 Å². The van der Waals surface area contributed by atoms with Crippen LogP contribution in [0.25, 0.3) is 0 Å². The number of rotatable bonds is 6. The summed E-state index contributed by atoms with van der Waals surface area (Å²) in [5.74, 6) is 1.19. The maximum atomic E-state index is 12.9. The van der Waals surface area contributed by atoms with Crippen LogP contribution >= 0.6 is 0 Å². The molecule has 4 aliphatic carbocycles. The molecular weight excluding hydrogens is 384 g/mol. The van der Waals surface area contributed by atoms with Crippen molar-refractivity contribution in [3.05, 3.63) is 12.2 Å². The van der Waals surface area contributed by atoms with Crippen molar-refractivity contribution in [1.29, 1.82) is 0 Å². The number of carbonyl (C=O) groups excluding carboxylic acids is 2. The molecule has 5 fully saturated rings. The van der Waals surface area contributed by atoms with Crippen LogP contribution in [0.3, 0.4) is 0 Å². The second-order valence-electron chi connectivity index (χ2n) is 10.7. The Hall–Kier alpha value is -1.40. The highest BCUT2D eigenvalue weighted by Gasteiger charge is 2.57. The fourth-order valence-electron chi connectivity index (χ4n) is 6.50. The molecule has 0 aromatic carbocycles. The van der Waals surface area contributed by atoms with Gasteiger partial charge in [0.2, 0.25) is 0 Å². The van der Waals surface area contributed by atoms with E-state index in [1.807, 2.05) is 13.8 Å². The average molecular weight is 421 g/mol. The lowest BCUT2D eigenvalue weighted by atomic mass is 9.50. The maximum absolute atomic E-state index is 12.9. The van der Waals surface area contributed by atoms with Crippen molar-refractivity contribution in [3.63, 3.8) is 0 Å². The van der Waals surface area contributed by atoms with E-state index in [0.717, 1.165) is 11.8 Å². The van der Waals surface area contributed by atoms with Crippen LogP contribution < -0.4 is 0 Å². The summed E-state index contributed by atoms with van der Waals surface area (Å²) in [6.07, 6.45) is 6.21. The van der Waals surface area contributed by atoms with Crippen molar-refractivity contribution >= 4 is 11.9 Å². The van der Waals surface area contributed by atoms with Crippen LogP contribution in [0.5, 0.6) is 0 Å². The number of esters is 2. The highest BCUT2D eigenvalue weighted by molar-refractivity contribution is 5.86. The van der Waals surface area contributed by atoms with Gasteiger partial charge in [0.1, 0.15) is 12.2 Å². The largest absolute Gasteiger partial charge is 0.460 e. The Labute approximate surface area is 179 Å². The molecule has 2 atom stereocenters. The topological polar surface area (TPSA) is 71.1 Å². The molecule has 2 unspecified atom stereocenters. The predicted octanol–water partition coefficient (Wildman–Crippen LogP) is 4.16. The Morgan fingerprint density at radius 2 is 1.50 bits per heavy atom. The minimum Gasteiger partial charge on any atom is -0.460 e. The van der Waals surface area contributed by atoms with Crippen LogP contribution in [0.1, 0.15) is 72.6 Å². The second kappa shape index (κ2) is 7.94. The molecule has 0 N–H and O–H groups in total. The summed E-state index contributed by atoms with van der Waals surface area (Å²) in [7, 11) is 0. The van der Waals surface area contributed by atoms with Crippen LogP contribution in [0.2, 0.25) is 0 Å². The van der Waals surface area contributed by atoms with E-state index in [1.54, 1.807) is 6.92 Å². The van der Waals surface area contributed by atoms with Gasteiger partial charge in [0.25, 0.3) is 0 Å². The fourth-order valence-corrected chi connectivity index (χ4v) is 6.50. The molecule has 0 amide bonds. The van der Waals surface area contributed by atoms with Crippen LogP contribution in [-0.2, 0) is 28.5 Å². The van der Waals surface area contributed by atoms with Crippen molar-refractivity contribution < 1.29 is 28.5 Å².